The normalized spacial score (nSPS) is 31.3. The van der Waals surface area contributed by atoms with Gasteiger partial charge in [0.1, 0.15) is 0 Å². The number of nitrogens with zero attached hydrogens (tertiary/aromatic N) is 2. The average Bonchev–Trinajstić information content (AvgIpc) is 2.67. The fraction of sp³-hybridized carbons (Fsp3) is 1.00. The molecule has 2 aliphatic rings. The second-order valence-corrected chi connectivity index (χ2v) is 5.61. The van der Waals surface area contributed by atoms with Crippen LogP contribution in [0.3, 0.4) is 0 Å². The van der Waals surface area contributed by atoms with Crippen molar-refractivity contribution >= 4 is 0 Å². The van der Waals surface area contributed by atoms with E-state index in [2.05, 4.69) is 23.9 Å². The molecule has 0 spiro atoms. The molecule has 0 aliphatic carbocycles. The van der Waals surface area contributed by atoms with Crippen LogP contribution in [0.2, 0.25) is 0 Å². The molecule has 5 nitrogen and oxygen atoms in total. The summed E-state index contributed by atoms with van der Waals surface area (Å²) in [4.78, 5) is 4.55. The first kappa shape index (κ1) is 14.2. The third kappa shape index (κ3) is 4.17. The van der Waals surface area contributed by atoms with Gasteiger partial charge in [-0.05, 0) is 26.9 Å². The van der Waals surface area contributed by atoms with Gasteiger partial charge in [0.25, 0.3) is 0 Å². The monoisotopic (exact) mass is 258 g/mol. The van der Waals surface area contributed by atoms with E-state index in [4.69, 9.17) is 9.47 Å². The quantitative estimate of drug-likeness (QED) is 0.760. The Bertz CT molecular complexity index is 244. The van der Waals surface area contributed by atoms with Gasteiger partial charge in [0.05, 0.1) is 19.3 Å². The van der Waals surface area contributed by atoms with Crippen molar-refractivity contribution in [2.45, 2.75) is 37.7 Å². The molecule has 0 aromatic heterocycles. The minimum Gasteiger partial charge on any atom is -0.392 e. The highest BCUT2D eigenvalue weighted by molar-refractivity contribution is 4.86. The van der Waals surface area contributed by atoms with Crippen molar-refractivity contribution in [2.24, 2.45) is 0 Å². The number of aliphatic hydroxyl groups is 1. The van der Waals surface area contributed by atoms with Gasteiger partial charge in [-0.3, -0.25) is 4.90 Å². The molecule has 2 saturated heterocycles. The standard InChI is InChI=1S/C13H26N2O3/c1-14(2)9-11-8-12(16)10-15(11)5-4-13-17-6-3-7-18-13/h11-13,16H,3-10H2,1-2H3. The zero-order valence-corrected chi connectivity index (χ0v) is 11.5. The number of β-amino-alcohol motifs (C(OH)–C–C–N with tert-alkyl or cyclic N) is 1. The molecule has 2 aliphatic heterocycles. The van der Waals surface area contributed by atoms with E-state index in [1.54, 1.807) is 0 Å². The minimum atomic E-state index is -0.178. The van der Waals surface area contributed by atoms with Gasteiger partial charge in [0.15, 0.2) is 6.29 Å². The zero-order chi connectivity index (χ0) is 13.0. The van der Waals surface area contributed by atoms with Crippen molar-refractivity contribution in [3.63, 3.8) is 0 Å². The summed E-state index contributed by atoms with van der Waals surface area (Å²) in [6.07, 6.45) is 2.56. The molecule has 2 rings (SSSR count). The van der Waals surface area contributed by atoms with E-state index in [0.29, 0.717) is 6.04 Å². The van der Waals surface area contributed by atoms with Crippen molar-refractivity contribution in [3.8, 4) is 0 Å². The highest BCUT2D eigenvalue weighted by atomic mass is 16.7. The molecule has 0 radical (unpaired) electrons. The molecule has 0 saturated carbocycles. The molecule has 18 heavy (non-hydrogen) atoms. The van der Waals surface area contributed by atoms with E-state index >= 15 is 0 Å². The first-order valence-corrected chi connectivity index (χ1v) is 6.95. The molecule has 0 amide bonds. The lowest BCUT2D eigenvalue weighted by Crippen LogP contribution is -2.39. The van der Waals surface area contributed by atoms with Gasteiger partial charge in [0.2, 0.25) is 0 Å². The molecule has 5 heteroatoms. The van der Waals surface area contributed by atoms with Crippen LogP contribution in [0, 0.1) is 0 Å². The van der Waals surface area contributed by atoms with E-state index in [9.17, 15) is 5.11 Å². The molecule has 2 atom stereocenters. The Morgan fingerprint density at radius 2 is 2.00 bits per heavy atom. The predicted molar refractivity (Wildman–Crippen MR) is 69.5 cm³/mol. The van der Waals surface area contributed by atoms with Crippen LogP contribution >= 0.6 is 0 Å². The lowest BCUT2D eigenvalue weighted by molar-refractivity contribution is -0.182. The highest BCUT2D eigenvalue weighted by Gasteiger charge is 2.31. The number of aliphatic hydroxyl groups excluding tert-OH is 1. The molecule has 106 valence electrons. The van der Waals surface area contributed by atoms with Crippen LogP contribution in [0.4, 0.5) is 0 Å². The number of rotatable bonds is 5. The number of likely N-dealkylation sites (N-methyl/N-ethyl adjacent to an activating group) is 1. The smallest absolute Gasteiger partial charge is 0.158 e. The summed E-state index contributed by atoms with van der Waals surface area (Å²) in [5.41, 5.74) is 0. The first-order chi connectivity index (χ1) is 8.65. The van der Waals surface area contributed by atoms with Crippen LogP contribution in [0.25, 0.3) is 0 Å². The van der Waals surface area contributed by atoms with Gasteiger partial charge in [-0.25, -0.2) is 0 Å². The summed E-state index contributed by atoms with van der Waals surface area (Å²) in [7, 11) is 4.16. The first-order valence-electron chi connectivity index (χ1n) is 6.95. The molecular weight excluding hydrogens is 232 g/mol. The summed E-state index contributed by atoms with van der Waals surface area (Å²) in [5, 5.41) is 9.80. The van der Waals surface area contributed by atoms with Crippen LogP contribution in [-0.2, 0) is 9.47 Å². The Balaban J connectivity index is 1.75. The van der Waals surface area contributed by atoms with E-state index < -0.39 is 0 Å². The third-order valence-electron chi connectivity index (χ3n) is 3.63. The van der Waals surface area contributed by atoms with Gasteiger partial charge in [-0.15, -0.1) is 0 Å². The van der Waals surface area contributed by atoms with Crippen molar-refractivity contribution in [1.29, 1.82) is 0 Å². The van der Waals surface area contributed by atoms with Crippen molar-refractivity contribution in [3.05, 3.63) is 0 Å². The maximum absolute atomic E-state index is 9.80. The van der Waals surface area contributed by atoms with Crippen LogP contribution in [0.5, 0.6) is 0 Å². The molecule has 0 bridgehead atoms. The SMILES string of the molecule is CN(C)CC1CC(O)CN1CCC1OCCCO1. The number of hydrogen-bond donors (Lipinski definition) is 1. The van der Waals surface area contributed by atoms with Gasteiger partial charge in [-0.2, -0.15) is 0 Å². The third-order valence-corrected chi connectivity index (χ3v) is 3.63. The van der Waals surface area contributed by atoms with Gasteiger partial charge < -0.3 is 19.5 Å². The molecule has 1 N–H and O–H groups in total. The van der Waals surface area contributed by atoms with Crippen molar-refractivity contribution in [2.75, 3.05) is 46.9 Å². The molecule has 0 aromatic rings. The van der Waals surface area contributed by atoms with Gasteiger partial charge >= 0.3 is 0 Å². The number of ether oxygens (including phenoxy) is 2. The summed E-state index contributed by atoms with van der Waals surface area (Å²) < 4.78 is 11.1. The summed E-state index contributed by atoms with van der Waals surface area (Å²) >= 11 is 0. The lowest BCUT2D eigenvalue weighted by Gasteiger charge is -2.29. The summed E-state index contributed by atoms with van der Waals surface area (Å²) in [5.74, 6) is 0. The second-order valence-electron chi connectivity index (χ2n) is 5.61. The van der Waals surface area contributed by atoms with Crippen LogP contribution in [0.15, 0.2) is 0 Å². The minimum absolute atomic E-state index is 0.0449. The Labute approximate surface area is 110 Å². The molecule has 2 fully saturated rings. The molecule has 2 heterocycles. The summed E-state index contributed by atoms with van der Waals surface area (Å²) in [6.45, 7) is 4.36. The largest absolute Gasteiger partial charge is 0.392 e. The van der Waals surface area contributed by atoms with E-state index in [1.807, 2.05) is 0 Å². The van der Waals surface area contributed by atoms with Crippen LogP contribution in [0.1, 0.15) is 19.3 Å². The Morgan fingerprint density at radius 1 is 1.28 bits per heavy atom. The molecule has 2 unspecified atom stereocenters. The molecule has 0 aromatic carbocycles. The maximum Gasteiger partial charge on any atom is 0.158 e. The molecular formula is C13H26N2O3. The van der Waals surface area contributed by atoms with E-state index in [-0.39, 0.29) is 12.4 Å². The summed E-state index contributed by atoms with van der Waals surface area (Å²) in [6, 6.07) is 0.457. The fourth-order valence-electron chi connectivity index (χ4n) is 2.82. The van der Waals surface area contributed by atoms with Crippen LogP contribution < -0.4 is 0 Å². The second kappa shape index (κ2) is 6.82. The predicted octanol–water partition coefficient (Wildman–Crippen LogP) is 0.136. The van der Waals surface area contributed by atoms with Crippen molar-refractivity contribution in [1.82, 2.24) is 9.80 Å². The maximum atomic E-state index is 9.80. The topological polar surface area (TPSA) is 45.2 Å². The van der Waals surface area contributed by atoms with Gasteiger partial charge in [-0.1, -0.05) is 0 Å². The number of likely N-dealkylation sites (tertiary alicyclic amines) is 1. The zero-order valence-electron chi connectivity index (χ0n) is 11.5. The van der Waals surface area contributed by atoms with Crippen molar-refractivity contribution < 1.29 is 14.6 Å². The average molecular weight is 258 g/mol. The Kier molecular flexibility index (Phi) is 5.38. The van der Waals surface area contributed by atoms with Crippen LogP contribution in [-0.4, -0.2) is 80.3 Å². The van der Waals surface area contributed by atoms with E-state index in [1.165, 1.54) is 0 Å². The fourth-order valence-corrected chi connectivity index (χ4v) is 2.82. The highest BCUT2D eigenvalue weighted by Crippen LogP contribution is 2.20. The number of hydrogen-bond acceptors (Lipinski definition) is 5. The Hall–Kier alpha value is -0.200. The Morgan fingerprint density at radius 3 is 2.67 bits per heavy atom. The van der Waals surface area contributed by atoms with Gasteiger partial charge in [0, 0.05) is 32.1 Å². The lowest BCUT2D eigenvalue weighted by atomic mass is 10.2. The van der Waals surface area contributed by atoms with E-state index in [0.717, 1.165) is 52.1 Å².